The van der Waals surface area contributed by atoms with Crippen LogP contribution in [-0.4, -0.2) is 135 Å². The van der Waals surface area contributed by atoms with Crippen molar-refractivity contribution in [3.63, 3.8) is 0 Å². The summed E-state index contributed by atoms with van der Waals surface area (Å²) in [4.78, 5) is 68.3. The van der Waals surface area contributed by atoms with Gasteiger partial charge in [-0.3, -0.25) is 29.4 Å². The lowest BCUT2D eigenvalue weighted by atomic mass is 9.97. The number of imide groups is 1. The molecular weight excluding hydrogens is 1070 g/mol. The van der Waals surface area contributed by atoms with Crippen LogP contribution >= 0.6 is 22.9 Å². The first-order valence-corrected chi connectivity index (χ1v) is 29.1. The minimum absolute atomic E-state index is 0.131. The molecule has 5 amide bonds. The number of anilines is 1. The van der Waals surface area contributed by atoms with E-state index in [0.717, 1.165) is 102 Å². The van der Waals surface area contributed by atoms with Crippen LogP contribution in [0.3, 0.4) is 0 Å². The summed E-state index contributed by atoms with van der Waals surface area (Å²) >= 11 is 7.85. The minimum Gasteiger partial charge on any atom is -0.508 e. The maximum atomic E-state index is 13.9. The van der Waals surface area contributed by atoms with Gasteiger partial charge in [0, 0.05) is 81.6 Å². The Balaban J connectivity index is 0.590. The second-order valence-electron chi connectivity index (χ2n) is 20.0. The summed E-state index contributed by atoms with van der Waals surface area (Å²) in [5.41, 5.74) is 5.67. The van der Waals surface area contributed by atoms with Crippen LogP contribution in [-0.2, 0) is 48.0 Å². The zero-order valence-electron chi connectivity index (χ0n) is 45.8. The number of piperidine rings is 1. The Morgan fingerprint density at radius 2 is 1.41 bits per heavy atom. The van der Waals surface area contributed by atoms with Crippen molar-refractivity contribution in [2.45, 2.75) is 83.8 Å². The maximum Gasteiger partial charge on any atom is 0.319 e. The number of hydrogen-bond acceptors (Lipinski definition) is 14. The zero-order valence-corrected chi connectivity index (χ0v) is 47.4. The number of benzene rings is 5. The molecule has 2 aliphatic rings. The number of urea groups is 1. The summed E-state index contributed by atoms with van der Waals surface area (Å²) < 4.78 is 29.7. The number of amides is 5. The van der Waals surface area contributed by atoms with Crippen molar-refractivity contribution in [1.29, 1.82) is 0 Å². The maximum absolute atomic E-state index is 13.9. The van der Waals surface area contributed by atoms with E-state index in [4.69, 9.17) is 35.3 Å². The quantitative estimate of drug-likeness (QED) is 0.0148. The van der Waals surface area contributed by atoms with E-state index in [2.05, 4.69) is 27.8 Å². The van der Waals surface area contributed by atoms with E-state index < -0.39 is 11.9 Å². The molecule has 0 spiro atoms. The first-order valence-electron chi connectivity index (χ1n) is 27.9. The molecule has 5 aromatic carbocycles. The molecule has 5 N–H and O–H groups in total. The number of carbonyl (C=O) groups is 5. The number of aryl methyl sites for hydroxylation is 1. The van der Waals surface area contributed by atoms with Crippen LogP contribution in [0.4, 0.5) is 10.5 Å². The predicted octanol–water partition coefficient (Wildman–Crippen LogP) is 10.3. The Morgan fingerprint density at radius 1 is 0.728 bits per heavy atom. The van der Waals surface area contributed by atoms with Crippen molar-refractivity contribution in [1.82, 2.24) is 20.4 Å². The summed E-state index contributed by atoms with van der Waals surface area (Å²) in [7, 11) is 0. The number of ketones is 1. The molecule has 2 aliphatic heterocycles. The van der Waals surface area contributed by atoms with Crippen LogP contribution in [0.15, 0.2) is 103 Å². The number of nitrogens with one attached hydrogen (secondary N) is 3. The van der Waals surface area contributed by atoms with E-state index in [1.165, 1.54) is 16.2 Å². The molecule has 0 aliphatic carbocycles. The highest BCUT2D eigenvalue weighted by Gasteiger charge is 2.39. The predicted molar refractivity (Wildman–Crippen MR) is 313 cm³/mol. The number of carbonyl (C=O) groups excluding carboxylic acids is 5. The summed E-state index contributed by atoms with van der Waals surface area (Å²) in [5, 5.41) is 29.3. The van der Waals surface area contributed by atoms with Crippen LogP contribution in [0.5, 0.6) is 17.2 Å². The molecule has 0 radical (unpaired) electrons. The van der Waals surface area contributed by atoms with E-state index in [-0.39, 0.29) is 54.6 Å². The lowest BCUT2D eigenvalue weighted by Crippen LogP contribution is -2.52. The Kier molecular flexibility index (Phi) is 22.9. The zero-order chi connectivity index (χ0) is 56.9. The fourth-order valence-electron chi connectivity index (χ4n) is 9.85. The molecule has 8 rings (SSSR count). The number of phenols is 2. The molecular formula is C62H72ClN5O12S. The van der Waals surface area contributed by atoms with Crippen molar-refractivity contribution >= 4 is 68.2 Å². The molecule has 3 heterocycles. The molecule has 19 heteroatoms. The average Bonchev–Trinajstić information content (AvgIpc) is 4.24. The van der Waals surface area contributed by atoms with Gasteiger partial charge in [0.2, 0.25) is 11.8 Å². The Morgan fingerprint density at radius 3 is 2.14 bits per heavy atom. The van der Waals surface area contributed by atoms with E-state index >= 15 is 0 Å². The summed E-state index contributed by atoms with van der Waals surface area (Å²) in [6, 6.07) is 28.9. The molecule has 430 valence electrons. The van der Waals surface area contributed by atoms with Crippen molar-refractivity contribution in [2.75, 3.05) is 84.4 Å². The molecule has 1 aromatic heterocycles. The van der Waals surface area contributed by atoms with Crippen LogP contribution < -0.4 is 20.7 Å². The largest absolute Gasteiger partial charge is 0.508 e. The van der Waals surface area contributed by atoms with Gasteiger partial charge >= 0.3 is 6.03 Å². The number of phenolic OH excluding ortho intramolecular Hbond substituents is 2. The van der Waals surface area contributed by atoms with Gasteiger partial charge in [0.05, 0.1) is 46.2 Å². The fourth-order valence-corrected chi connectivity index (χ4v) is 11.3. The van der Waals surface area contributed by atoms with E-state index in [0.29, 0.717) is 99.0 Å². The third-order valence-electron chi connectivity index (χ3n) is 14.2. The molecule has 81 heavy (non-hydrogen) atoms. The standard InChI is InChI=1S/C62H72ClN5O12S/c1-2-67(25-28-80-51-18-13-44(14-19-51)58(72)57-53-21-17-50(70)39-55(53)81-59(57)45-11-15-49(69)16-12-45)24-27-77-30-32-79-34-33-78-31-29-76-26-8-6-4-3-5-7-9-42-36-47(63)38-48(37-42)65-62(75)64-40-43-10-20-52-46(35-43)41-68(61(52)74)54-22-23-56(71)66-60(54)73/h10-21,35-39,54,69-70H,2-9,22-34,40-41H2,1H3,(H2,64,65,75)(H,66,71,73). The third-order valence-corrected chi connectivity index (χ3v) is 15.6. The van der Waals surface area contributed by atoms with Gasteiger partial charge in [0.1, 0.15) is 29.9 Å². The highest BCUT2D eigenvalue weighted by atomic mass is 35.5. The second-order valence-corrected chi connectivity index (χ2v) is 21.5. The highest BCUT2D eigenvalue weighted by Crippen LogP contribution is 2.42. The molecule has 17 nitrogen and oxygen atoms in total. The molecule has 0 bridgehead atoms. The van der Waals surface area contributed by atoms with E-state index in [1.54, 1.807) is 72.8 Å². The number of likely N-dealkylation sites (N-methyl/N-ethyl adjacent to an activating group) is 1. The van der Waals surface area contributed by atoms with Crippen LogP contribution in [0.25, 0.3) is 20.5 Å². The normalized spacial score (nSPS) is 14.2. The third kappa shape index (κ3) is 17.8. The van der Waals surface area contributed by atoms with Crippen molar-refractivity contribution < 1.29 is 57.9 Å². The number of ether oxygens (including phenoxy) is 5. The summed E-state index contributed by atoms with van der Waals surface area (Å²) in [6.07, 6.45) is 7.81. The minimum atomic E-state index is -0.679. The van der Waals surface area contributed by atoms with Crippen LogP contribution in [0.1, 0.15) is 101 Å². The highest BCUT2D eigenvalue weighted by molar-refractivity contribution is 7.22. The molecule has 1 fully saturated rings. The number of rotatable bonds is 33. The smallest absolute Gasteiger partial charge is 0.319 e. The van der Waals surface area contributed by atoms with Gasteiger partial charge in [-0.1, -0.05) is 56.3 Å². The SMILES string of the molecule is CCN(CCOCCOCCOCCOCCCCCCCCc1cc(Cl)cc(NC(=O)NCc2ccc3c(c2)CN(C2CCC(=O)NC2=O)C3=O)c1)CCOc1ccc(C(=O)c2c(-c3ccc(O)cc3)sc3cc(O)ccc23)cc1. The van der Waals surface area contributed by atoms with E-state index in [9.17, 15) is 34.2 Å². The number of thiophene rings is 1. The van der Waals surface area contributed by atoms with Crippen molar-refractivity contribution in [3.8, 4) is 27.7 Å². The van der Waals surface area contributed by atoms with Crippen LogP contribution in [0, 0.1) is 0 Å². The number of nitrogens with zero attached hydrogens (tertiary/aromatic N) is 2. The summed E-state index contributed by atoms with van der Waals surface area (Å²) in [6.45, 7) is 9.74. The van der Waals surface area contributed by atoms with Crippen LogP contribution in [0.2, 0.25) is 5.02 Å². The molecule has 1 unspecified atom stereocenters. The van der Waals surface area contributed by atoms with Gasteiger partial charge in [0.15, 0.2) is 5.78 Å². The van der Waals surface area contributed by atoms with Crippen molar-refractivity contribution in [3.05, 3.63) is 142 Å². The number of aromatic hydroxyl groups is 2. The monoisotopic (exact) mass is 1150 g/mol. The first kappa shape index (κ1) is 60.2. The fraction of sp³-hybridized carbons (Fsp3) is 0.403. The second kappa shape index (κ2) is 30.8. The first-order chi connectivity index (χ1) is 39.4. The van der Waals surface area contributed by atoms with Gasteiger partial charge in [-0.05, 0) is 145 Å². The Bertz CT molecular complexity index is 3080. The lowest BCUT2D eigenvalue weighted by Gasteiger charge is -2.29. The number of halogens is 1. The van der Waals surface area contributed by atoms with Gasteiger partial charge < -0.3 is 49.4 Å². The number of unbranched alkanes of at least 4 members (excludes halogenated alkanes) is 5. The van der Waals surface area contributed by atoms with Gasteiger partial charge in [-0.2, -0.15) is 0 Å². The molecule has 0 saturated carbocycles. The lowest BCUT2D eigenvalue weighted by molar-refractivity contribution is -0.136. The topological polar surface area (TPSA) is 215 Å². The van der Waals surface area contributed by atoms with Crippen molar-refractivity contribution in [2.24, 2.45) is 0 Å². The summed E-state index contributed by atoms with van der Waals surface area (Å²) in [5.74, 6) is -0.196. The Labute approximate surface area is 481 Å². The molecule has 1 saturated heterocycles. The number of hydrogen-bond donors (Lipinski definition) is 5. The van der Waals surface area contributed by atoms with Gasteiger partial charge in [-0.15, -0.1) is 11.3 Å². The molecule has 6 aromatic rings. The van der Waals surface area contributed by atoms with E-state index in [1.807, 2.05) is 30.3 Å². The van der Waals surface area contributed by atoms with Gasteiger partial charge in [0.25, 0.3) is 5.91 Å². The van der Waals surface area contributed by atoms with Gasteiger partial charge in [-0.25, -0.2) is 4.79 Å². The number of fused-ring (bicyclic) bond motifs is 2. The average molecular weight is 1150 g/mol. The molecule has 1 atom stereocenters. The Hall–Kier alpha value is -6.90.